The van der Waals surface area contributed by atoms with Crippen molar-refractivity contribution in [2.24, 2.45) is 0 Å². The van der Waals surface area contributed by atoms with Crippen LogP contribution in [-0.2, 0) is 10.0 Å². The molecular weight excluding hydrogens is 296 g/mol. The van der Waals surface area contributed by atoms with Gasteiger partial charge in [-0.15, -0.1) is 0 Å². The van der Waals surface area contributed by atoms with Crippen LogP contribution in [0, 0.1) is 11.6 Å². The van der Waals surface area contributed by atoms with Crippen molar-refractivity contribution in [1.29, 1.82) is 0 Å². The predicted molar refractivity (Wildman–Crippen MR) is 64.8 cm³/mol. The Kier molecular flexibility index (Phi) is 3.40. The predicted octanol–water partition coefficient (Wildman–Crippen LogP) is 0.142. The smallest absolute Gasteiger partial charge is 0.313 e. The zero-order valence-electron chi connectivity index (χ0n) is 9.61. The number of benzene rings is 1. The molecule has 0 saturated carbocycles. The Balaban J connectivity index is 2.52. The average molecular weight is 303 g/mol. The Labute approximate surface area is 110 Å². The Morgan fingerprint density at radius 2 is 1.70 bits per heavy atom. The molecule has 2 rings (SSSR count). The highest BCUT2D eigenvalue weighted by Crippen LogP contribution is 2.20. The molecule has 0 aliphatic carbocycles. The van der Waals surface area contributed by atoms with Gasteiger partial charge in [0.2, 0.25) is 0 Å². The minimum atomic E-state index is -4.55. The maximum absolute atomic E-state index is 13.4. The van der Waals surface area contributed by atoms with Gasteiger partial charge < -0.3 is 4.98 Å². The molecule has 0 spiro atoms. The van der Waals surface area contributed by atoms with Crippen LogP contribution in [0.5, 0.6) is 0 Å². The minimum Gasteiger partial charge on any atom is -0.313 e. The standard InChI is InChI=1S/C10H7F2N3O4S/c11-5-2-1-3-6(12)8(5)15-20(18,19)7-4-13-10(17)14-9(7)16/h1-4,15H,(H2,13,14,16,17). The number of hydrogen-bond donors (Lipinski definition) is 3. The fourth-order valence-electron chi connectivity index (χ4n) is 1.38. The van der Waals surface area contributed by atoms with Gasteiger partial charge in [-0.2, -0.15) is 0 Å². The second-order valence-electron chi connectivity index (χ2n) is 3.64. The molecule has 7 nitrogen and oxygen atoms in total. The second-order valence-corrected chi connectivity index (χ2v) is 5.29. The van der Waals surface area contributed by atoms with E-state index in [1.165, 1.54) is 0 Å². The van der Waals surface area contributed by atoms with E-state index in [4.69, 9.17) is 0 Å². The lowest BCUT2D eigenvalue weighted by Crippen LogP contribution is -2.29. The average Bonchev–Trinajstić information content (AvgIpc) is 2.33. The highest BCUT2D eigenvalue weighted by molar-refractivity contribution is 7.92. The van der Waals surface area contributed by atoms with Crippen molar-refractivity contribution in [2.45, 2.75) is 4.90 Å². The lowest BCUT2D eigenvalue weighted by molar-refractivity contribution is 0.582. The van der Waals surface area contributed by atoms with E-state index >= 15 is 0 Å². The Hall–Kier alpha value is -2.49. The summed E-state index contributed by atoms with van der Waals surface area (Å²) in [6, 6.07) is 2.74. The topological polar surface area (TPSA) is 112 Å². The lowest BCUT2D eigenvalue weighted by atomic mass is 10.3. The molecule has 0 radical (unpaired) electrons. The fraction of sp³-hybridized carbons (Fsp3) is 0. The molecule has 20 heavy (non-hydrogen) atoms. The van der Waals surface area contributed by atoms with Crippen molar-refractivity contribution in [3.63, 3.8) is 0 Å². The molecule has 0 bridgehead atoms. The molecule has 106 valence electrons. The van der Waals surface area contributed by atoms with Crippen LogP contribution in [0.15, 0.2) is 38.9 Å². The zero-order chi connectivity index (χ0) is 14.9. The van der Waals surface area contributed by atoms with Crippen LogP contribution in [0.4, 0.5) is 14.5 Å². The summed E-state index contributed by atoms with van der Waals surface area (Å²) in [5.74, 6) is -2.29. The Morgan fingerprint density at radius 1 is 1.10 bits per heavy atom. The molecule has 0 amide bonds. The number of nitrogens with one attached hydrogen (secondary N) is 3. The van der Waals surface area contributed by atoms with E-state index in [1.54, 1.807) is 9.71 Å². The lowest BCUT2D eigenvalue weighted by Gasteiger charge is -2.08. The van der Waals surface area contributed by atoms with E-state index in [-0.39, 0.29) is 0 Å². The van der Waals surface area contributed by atoms with Crippen molar-refractivity contribution in [2.75, 3.05) is 4.72 Å². The van der Waals surface area contributed by atoms with Crippen LogP contribution >= 0.6 is 0 Å². The van der Waals surface area contributed by atoms with Gasteiger partial charge in [0.25, 0.3) is 15.6 Å². The van der Waals surface area contributed by atoms with Crippen molar-refractivity contribution in [3.8, 4) is 0 Å². The number of hydrogen-bond acceptors (Lipinski definition) is 4. The maximum atomic E-state index is 13.4. The van der Waals surface area contributed by atoms with Gasteiger partial charge in [0.1, 0.15) is 17.3 Å². The number of H-pyrrole nitrogens is 2. The maximum Gasteiger partial charge on any atom is 0.325 e. The highest BCUT2D eigenvalue weighted by atomic mass is 32.2. The normalized spacial score (nSPS) is 11.3. The number of anilines is 1. The van der Waals surface area contributed by atoms with Gasteiger partial charge in [0.05, 0.1) is 0 Å². The van der Waals surface area contributed by atoms with Gasteiger partial charge in [-0.3, -0.25) is 14.5 Å². The Bertz CT molecular complexity index is 852. The Morgan fingerprint density at radius 3 is 2.25 bits per heavy atom. The minimum absolute atomic E-state index is 0.627. The van der Waals surface area contributed by atoms with Crippen LogP contribution < -0.4 is 16.0 Å². The summed E-state index contributed by atoms with van der Waals surface area (Å²) in [5.41, 5.74) is -3.04. The summed E-state index contributed by atoms with van der Waals surface area (Å²) < 4.78 is 52.0. The van der Waals surface area contributed by atoms with E-state index < -0.39 is 43.5 Å². The first kappa shape index (κ1) is 13.9. The van der Waals surface area contributed by atoms with Gasteiger partial charge in [-0.05, 0) is 12.1 Å². The molecule has 1 aromatic heterocycles. The second kappa shape index (κ2) is 4.89. The number of para-hydroxylation sites is 1. The van der Waals surface area contributed by atoms with Crippen LogP contribution in [0.25, 0.3) is 0 Å². The number of halogens is 2. The van der Waals surface area contributed by atoms with Crippen molar-refractivity contribution in [3.05, 3.63) is 56.9 Å². The molecule has 2 aromatic rings. The number of aromatic nitrogens is 2. The van der Waals surface area contributed by atoms with Crippen LogP contribution in [0.3, 0.4) is 0 Å². The molecule has 0 unspecified atom stereocenters. The van der Waals surface area contributed by atoms with Gasteiger partial charge in [-0.25, -0.2) is 22.0 Å². The van der Waals surface area contributed by atoms with E-state index in [9.17, 15) is 26.8 Å². The first-order chi connectivity index (χ1) is 9.31. The van der Waals surface area contributed by atoms with Crippen LogP contribution in [0.2, 0.25) is 0 Å². The summed E-state index contributed by atoms with van der Waals surface area (Å²) in [4.78, 5) is 24.9. The van der Waals surface area contributed by atoms with E-state index in [0.717, 1.165) is 18.2 Å². The zero-order valence-corrected chi connectivity index (χ0v) is 10.4. The quantitative estimate of drug-likeness (QED) is 0.748. The molecule has 1 heterocycles. The molecule has 0 atom stereocenters. The molecule has 0 aliphatic rings. The van der Waals surface area contributed by atoms with Crippen LogP contribution in [0.1, 0.15) is 0 Å². The molecule has 0 aliphatic heterocycles. The van der Waals surface area contributed by atoms with Crippen molar-refractivity contribution in [1.82, 2.24) is 9.97 Å². The largest absolute Gasteiger partial charge is 0.325 e. The SMILES string of the molecule is O=c1[nH]cc(S(=O)(=O)Nc2c(F)cccc2F)c(=O)[nH]1. The third-order valence-corrected chi connectivity index (χ3v) is 3.63. The van der Waals surface area contributed by atoms with Gasteiger partial charge in [0, 0.05) is 6.20 Å². The van der Waals surface area contributed by atoms with Gasteiger partial charge in [-0.1, -0.05) is 6.07 Å². The highest BCUT2D eigenvalue weighted by Gasteiger charge is 2.22. The van der Waals surface area contributed by atoms with Crippen molar-refractivity contribution >= 4 is 15.7 Å². The fourth-order valence-corrected chi connectivity index (χ4v) is 2.46. The number of rotatable bonds is 3. The summed E-state index contributed by atoms with van der Waals surface area (Å²) >= 11 is 0. The third-order valence-electron chi connectivity index (χ3n) is 2.27. The van der Waals surface area contributed by atoms with Gasteiger partial charge in [0.15, 0.2) is 4.90 Å². The molecule has 0 saturated heterocycles. The molecule has 10 heteroatoms. The summed E-state index contributed by atoms with van der Waals surface area (Å²) in [6.45, 7) is 0. The van der Waals surface area contributed by atoms with E-state index in [1.807, 2.05) is 4.98 Å². The van der Waals surface area contributed by atoms with E-state index in [0.29, 0.717) is 6.20 Å². The summed E-state index contributed by atoms with van der Waals surface area (Å²) in [5, 5.41) is 0. The molecule has 0 fully saturated rings. The summed E-state index contributed by atoms with van der Waals surface area (Å²) in [7, 11) is -4.55. The number of sulfonamides is 1. The van der Waals surface area contributed by atoms with Crippen LogP contribution in [-0.4, -0.2) is 18.4 Å². The molecule has 1 aromatic carbocycles. The van der Waals surface area contributed by atoms with E-state index in [2.05, 4.69) is 0 Å². The molecular formula is C10H7F2N3O4S. The first-order valence-electron chi connectivity index (χ1n) is 5.10. The molecule has 3 N–H and O–H groups in total. The van der Waals surface area contributed by atoms with Crippen molar-refractivity contribution < 1.29 is 17.2 Å². The van der Waals surface area contributed by atoms with Gasteiger partial charge >= 0.3 is 5.69 Å². The monoisotopic (exact) mass is 303 g/mol. The third kappa shape index (κ3) is 2.59. The first-order valence-corrected chi connectivity index (χ1v) is 6.58. The number of aromatic amines is 2. The summed E-state index contributed by atoms with van der Waals surface area (Å²) in [6.07, 6.45) is 0.627.